The molecule has 0 saturated carbocycles. The average Bonchev–Trinajstić information content (AvgIpc) is 3.15. The number of benzene rings is 1. The number of nitrogens with zero attached hydrogens (tertiary/aromatic N) is 4. The Labute approximate surface area is 171 Å². The van der Waals surface area contributed by atoms with Gasteiger partial charge >= 0.3 is 5.88 Å². The number of carbonyl (C=O) groups excluding carboxylic acids is 1. The molecule has 1 aromatic heterocycles. The molecule has 1 atom stereocenters. The van der Waals surface area contributed by atoms with E-state index in [1.54, 1.807) is 12.1 Å². The first-order chi connectivity index (χ1) is 13.5. The molecule has 28 heavy (non-hydrogen) atoms. The third kappa shape index (κ3) is 3.31. The minimum Gasteiger partial charge on any atom is -0.401 e. The molecule has 11 heteroatoms. The van der Waals surface area contributed by atoms with Crippen LogP contribution in [0.2, 0.25) is 0 Å². The molecule has 2 aliphatic rings. The van der Waals surface area contributed by atoms with Crippen LogP contribution >= 0.6 is 27.7 Å². The first kappa shape index (κ1) is 18.7. The molecule has 0 aliphatic carbocycles. The molecule has 1 N–H and O–H groups in total. The van der Waals surface area contributed by atoms with Crippen molar-refractivity contribution < 1.29 is 14.1 Å². The van der Waals surface area contributed by atoms with E-state index in [4.69, 9.17) is 4.42 Å². The van der Waals surface area contributed by atoms with Gasteiger partial charge in [0.05, 0.1) is 11.4 Å². The molecule has 4 rings (SSSR count). The number of fused-ring (bicyclic) bond motifs is 2. The monoisotopic (exact) mass is 463 g/mol. The summed E-state index contributed by atoms with van der Waals surface area (Å²) >= 11 is 4.84. The third-order valence-corrected chi connectivity index (χ3v) is 5.62. The summed E-state index contributed by atoms with van der Waals surface area (Å²) in [5, 5.41) is 21.5. The topological polar surface area (TPSA) is 113 Å². The van der Waals surface area contributed by atoms with Gasteiger partial charge in [-0.1, -0.05) is 34.6 Å². The molecule has 3 heterocycles. The second-order valence-electron chi connectivity index (χ2n) is 6.00. The fourth-order valence-electron chi connectivity index (χ4n) is 2.88. The molecule has 0 spiro atoms. The normalized spacial score (nSPS) is 18.0. The van der Waals surface area contributed by atoms with Gasteiger partial charge in [-0.2, -0.15) is 0 Å². The quantitative estimate of drug-likeness (QED) is 0.549. The van der Waals surface area contributed by atoms with E-state index in [1.165, 1.54) is 28.9 Å². The molecule has 0 radical (unpaired) electrons. The maximum atomic E-state index is 12.9. The summed E-state index contributed by atoms with van der Waals surface area (Å²) in [7, 11) is 0. The van der Waals surface area contributed by atoms with Crippen molar-refractivity contribution >= 4 is 50.3 Å². The van der Waals surface area contributed by atoms with Crippen LogP contribution in [0.15, 0.2) is 49.3 Å². The number of amidine groups is 1. The highest BCUT2D eigenvalue weighted by Gasteiger charge is 2.36. The van der Waals surface area contributed by atoms with Crippen molar-refractivity contribution in [3.8, 4) is 0 Å². The number of rotatable bonds is 4. The lowest BCUT2D eigenvalue weighted by atomic mass is 10.1. The van der Waals surface area contributed by atoms with Crippen molar-refractivity contribution in [2.45, 2.75) is 19.5 Å². The highest BCUT2D eigenvalue weighted by Crippen LogP contribution is 2.33. The number of halogens is 1. The molecule has 1 aromatic carbocycles. The Morgan fingerprint density at radius 3 is 2.93 bits per heavy atom. The maximum Gasteiger partial charge on any atom is 0.433 e. The number of hydrazone groups is 1. The zero-order valence-corrected chi connectivity index (χ0v) is 17.0. The van der Waals surface area contributed by atoms with E-state index < -0.39 is 11.1 Å². The Morgan fingerprint density at radius 2 is 2.21 bits per heavy atom. The van der Waals surface area contributed by atoms with E-state index in [-0.39, 0.29) is 17.6 Å². The predicted octanol–water partition coefficient (Wildman–Crippen LogP) is 2.24. The molecule has 144 valence electrons. The Bertz CT molecular complexity index is 1130. The smallest absolute Gasteiger partial charge is 0.401 e. The lowest BCUT2D eigenvalue weighted by Gasteiger charge is -2.32. The minimum absolute atomic E-state index is 0.232. The highest BCUT2D eigenvalue weighted by atomic mass is 79.9. The number of thioether (sulfide) groups is 1. The largest absolute Gasteiger partial charge is 0.433 e. The van der Waals surface area contributed by atoms with Crippen molar-refractivity contribution in [1.82, 2.24) is 10.3 Å². The van der Waals surface area contributed by atoms with Gasteiger partial charge in [0, 0.05) is 15.4 Å². The van der Waals surface area contributed by atoms with Gasteiger partial charge in [-0.3, -0.25) is 20.2 Å². The number of hydrogen-bond acceptors (Lipinski definition) is 8. The number of nitrogens with one attached hydrogen (secondary N) is 1. The van der Waals surface area contributed by atoms with Crippen molar-refractivity contribution in [2.24, 2.45) is 10.1 Å². The van der Waals surface area contributed by atoms with Crippen LogP contribution in [-0.4, -0.2) is 26.8 Å². The maximum absolute atomic E-state index is 12.9. The van der Waals surface area contributed by atoms with Gasteiger partial charge in [0.25, 0.3) is 5.91 Å². The van der Waals surface area contributed by atoms with Gasteiger partial charge in [0.1, 0.15) is 10.6 Å². The lowest BCUT2D eigenvalue weighted by molar-refractivity contribution is -0.402. The first-order valence-corrected chi connectivity index (χ1v) is 10.2. The van der Waals surface area contributed by atoms with Crippen LogP contribution in [0.4, 0.5) is 5.88 Å². The molecule has 0 saturated heterocycles. The Kier molecular flexibility index (Phi) is 4.94. The van der Waals surface area contributed by atoms with E-state index in [0.717, 1.165) is 16.6 Å². The SMILES string of the molecule is CCCSC1=NN2C(=c3cc(Br)ccc3=N[C@@H]2c2ccc([N+](=O)[O-])o2)C(=O)N1. The lowest BCUT2D eigenvalue weighted by Crippen LogP contribution is -2.50. The molecular weight excluding hydrogens is 450 g/mol. The van der Waals surface area contributed by atoms with Crippen molar-refractivity contribution in [2.75, 3.05) is 5.75 Å². The molecule has 0 bridgehead atoms. The van der Waals surface area contributed by atoms with E-state index in [9.17, 15) is 14.9 Å². The fourth-order valence-corrected chi connectivity index (χ4v) is 3.95. The van der Waals surface area contributed by atoms with Crippen LogP contribution in [0.1, 0.15) is 25.3 Å². The van der Waals surface area contributed by atoms with Gasteiger partial charge in [-0.05, 0) is 30.7 Å². The number of furan rings is 1. The number of amides is 1. The summed E-state index contributed by atoms with van der Waals surface area (Å²) in [6.45, 7) is 2.03. The summed E-state index contributed by atoms with van der Waals surface area (Å²) in [5.41, 5.74) is 0.316. The molecule has 0 unspecified atom stereocenters. The van der Waals surface area contributed by atoms with E-state index in [2.05, 4.69) is 31.3 Å². The first-order valence-electron chi connectivity index (χ1n) is 8.41. The van der Waals surface area contributed by atoms with Crippen LogP contribution in [0.25, 0.3) is 5.70 Å². The molecular formula is C17H14BrN5O4S. The second-order valence-corrected chi connectivity index (χ2v) is 8.00. The van der Waals surface area contributed by atoms with Gasteiger partial charge in [-0.25, -0.2) is 10.0 Å². The third-order valence-electron chi connectivity index (χ3n) is 4.06. The Balaban J connectivity index is 1.90. The number of hydrogen-bond donors (Lipinski definition) is 1. The highest BCUT2D eigenvalue weighted by molar-refractivity contribution is 9.10. The molecule has 2 aliphatic heterocycles. The molecule has 9 nitrogen and oxygen atoms in total. The van der Waals surface area contributed by atoms with Crippen LogP contribution in [-0.2, 0) is 4.79 Å². The van der Waals surface area contributed by atoms with Gasteiger partial charge in [0.15, 0.2) is 10.9 Å². The Morgan fingerprint density at radius 1 is 1.39 bits per heavy atom. The average molecular weight is 464 g/mol. The zero-order valence-electron chi connectivity index (χ0n) is 14.6. The molecule has 1 amide bonds. The summed E-state index contributed by atoms with van der Waals surface area (Å²) in [5.74, 6) is 0.322. The van der Waals surface area contributed by atoms with Gasteiger partial charge < -0.3 is 4.42 Å². The summed E-state index contributed by atoms with van der Waals surface area (Å²) < 4.78 is 6.15. The van der Waals surface area contributed by atoms with Crippen LogP contribution in [0, 0.1) is 10.1 Å². The van der Waals surface area contributed by atoms with E-state index >= 15 is 0 Å². The Hall–Kier alpha value is -2.66. The molecule has 2 aromatic rings. The van der Waals surface area contributed by atoms with E-state index in [1.807, 2.05) is 13.0 Å². The van der Waals surface area contributed by atoms with E-state index in [0.29, 0.717) is 21.4 Å². The fraction of sp³-hybridized carbons (Fsp3) is 0.235. The standard InChI is InChI=1S/C17H14BrN5O4S/c1-2-7-28-17-20-16(24)14-10-8-9(18)3-4-11(10)19-15(22(14)21-17)12-5-6-13(27-12)23(25)26/h3-6,8,15H,2,7H2,1H3,(H,20,21,24)/t15-/m0/s1. The number of nitro groups is 1. The van der Waals surface area contributed by atoms with Crippen molar-refractivity contribution in [1.29, 1.82) is 0 Å². The molecule has 0 fully saturated rings. The summed E-state index contributed by atoms with van der Waals surface area (Å²) in [6.07, 6.45) is 0.102. The predicted molar refractivity (Wildman–Crippen MR) is 107 cm³/mol. The van der Waals surface area contributed by atoms with Crippen molar-refractivity contribution in [3.05, 3.63) is 61.3 Å². The van der Waals surface area contributed by atoms with Crippen LogP contribution in [0.5, 0.6) is 0 Å². The van der Waals surface area contributed by atoms with Crippen molar-refractivity contribution in [3.63, 3.8) is 0 Å². The van der Waals surface area contributed by atoms with Gasteiger partial charge in [-0.15, -0.1) is 5.10 Å². The zero-order chi connectivity index (χ0) is 19.8. The summed E-state index contributed by atoms with van der Waals surface area (Å²) in [4.78, 5) is 27.9. The second kappa shape index (κ2) is 7.40. The van der Waals surface area contributed by atoms with Crippen LogP contribution in [0.3, 0.4) is 0 Å². The summed E-state index contributed by atoms with van der Waals surface area (Å²) in [6, 6.07) is 8.12. The van der Waals surface area contributed by atoms with Crippen LogP contribution < -0.4 is 15.9 Å². The minimum atomic E-state index is -0.819. The number of carbonyl (C=O) groups is 1. The van der Waals surface area contributed by atoms with Gasteiger partial charge in [0.2, 0.25) is 6.17 Å².